The lowest BCUT2D eigenvalue weighted by molar-refractivity contribution is 0.0954. The minimum absolute atomic E-state index is 0.107. The number of hydrogen-bond acceptors (Lipinski definition) is 4. The Kier molecular flexibility index (Phi) is 5.24. The van der Waals surface area contributed by atoms with Gasteiger partial charge in [-0.2, -0.15) is 0 Å². The second kappa shape index (κ2) is 8.13. The Labute approximate surface area is 165 Å². The third-order valence-electron chi connectivity index (χ3n) is 5.02. The van der Waals surface area contributed by atoms with Crippen LogP contribution in [0.5, 0.6) is 5.75 Å². The molecule has 5 nitrogen and oxygen atoms in total. The normalized spacial score (nSPS) is 12.5. The van der Waals surface area contributed by atoms with E-state index in [0.717, 1.165) is 36.4 Å². The fourth-order valence-electron chi connectivity index (χ4n) is 3.56. The van der Waals surface area contributed by atoms with Gasteiger partial charge in [-0.3, -0.25) is 9.78 Å². The summed E-state index contributed by atoms with van der Waals surface area (Å²) in [5.41, 5.74) is 5.17. The number of pyridine rings is 1. The highest BCUT2D eigenvalue weighted by Crippen LogP contribution is 2.34. The van der Waals surface area contributed by atoms with E-state index >= 15 is 0 Å². The van der Waals surface area contributed by atoms with Crippen LogP contribution in [0.1, 0.15) is 21.5 Å². The number of carbonyl (C=O) groups excluding carboxylic acids is 1. The second-order valence-electron chi connectivity index (χ2n) is 6.82. The monoisotopic (exact) mass is 373 g/mol. The Morgan fingerprint density at radius 1 is 1.14 bits per heavy atom. The Balaban J connectivity index is 1.41. The van der Waals surface area contributed by atoms with Crippen LogP contribution >= 0.6 is 0 Å². The summed E-state index contributed by atoms with van der Waals surface area (Å²) in [5.74, 6) is 0.719. The summed E-state index contributed by atoms with van der Waals surface area (Å²) in [6, 6.07) is 18.2. The Morgan fingerprint density at radius 3 is 2.93 bits per heavy atom. The van der Waals surface area contributed by atoms with Crippen LogP contribution in [0, 0.1) is 0 Å². The molecule has 142 valence electrons. The van der Waals surface area contributed by atoms with E-state index < -0.39 is 0 Å². The molecular formula is C23H23N3O2. The molecule has 0 radical (unpaired) electrons. The first kappa shape index (κ1) is 18.0. The highest BCUT2D eigenvalue weighted by atomic mass is 16.5. The summed E-state index contributed by atoms with van der Waals surface area (Å²) in [6.07, 6.45) is 5.18. The highest BCUT2D eigenvalue weighted by molar-refractivity contribution is 5.95. The third kappa shape index (κ3) is 3.83. The van der Waals surface area contributed by atoms with Gasteiger partial charge in [-0.1, -0.05) is 30.3 Å². The predicted molar refractivity (Wildman–Crippen MR) is 110 cm³/mol. The van der Waals surface area contributed by atoms with Gasteiger partial charge in [-0.05, 0) is 48.2 Å². The van der Waals surface area contributed by atoms with Crippen LogP contribution in [0.2, 0.25) is 0 Å². The van der Waals surface area contributed by atoms with E-state index in [9.17, 15) is 4.79 Å². The largest absolute Gasteiger partial charge is 0.497 e. The van der Waals surface area contributed by atoms with Crippen molar-refractivity contribution >= 4 is 17.3 Å². The first-order valence-electron chi connectivity index (χ1n) is 9.46. The molecule has 2 heterocycles. The van der Waals surface area contributed by atoms with Crippen LogP contribution in [-0.4, -0.2) is 31.1 Å². The first-order valence-corrected chi connectivity index (χ1v) is 9.46. The smallest absolute Gasteiger partial charge is 0.252 e. The van der Waals surface area contributed by atoms with Crippen LogP contribution in [0.15, 0.2) is 67.0 Å². The van der Waals surface area contributed by atoms with E-state index in [-0.39, 0.29) is 5.91 Å². The number of benzene rings is 2. The minimum atomic E-state index is -0.107. The average molecular weight is 373 g/mol. The topological polar surface area (TPSA) is 54.5 Å². The van der Waals surface area contributed by atoms with Gasteiger partial charge in [0.1, 0.15) is 5.75 Å². The molecule has 2 aromatic carbocycles. The van der Waals surface area contributed by atoms with Crippen LogP contribution in [0.3, 0.4) is 0 Å². The van der Waals surface area contributed by atoms with Gasteiger partial charge in [0.05, 0.1) is 24.6 Å². The van der Waals surface area contributed by atoms with Crippen LogP contribution in [0.25, 0.3) is 0 Å². The zero-order chi connectivity index (χ0) is 19.3. The molecule has 0 saturated heterocycles. The third-order valence-corrected chi connectivity index (χ3v) is 5.02. The number of anilines is 2. The lowest BCUT2D eigenvalue weighted by atomic mass is 10.1. The molecule has 1 aliphatic heterocycles. The van der Waals surface area contributed by atoms with Gasteiger partial charge in [0.2, 0.25) is 0 Å². The van der Waals surface area contributed by atoms with E-state index in [0.29, 0.717) is 12.1 Å². The Hall–Kier alpha value is -3.34. The van der Waals surface area contributed by atoms with Crippen molar-refractivity contribution in [3.05, 3.63) is 83.7 Å². The number of amides is 1. The van der Waals surface area contributed by atoms with Gasteiger partial charge in [-0.15, -0.1) is 0 Å². The molecule has 0 bridgehead atoms. The van der Waals surface area contributed by atoms with Gasteiger partial charge in [-0.25, -0.2) is 0 Å². The van der Waals surface area contributed by atoms with E-state index in [4.69, 9.17) is 4.74 Å². The van der Waals surface area contributed by atoms with Crippen molar-refractivity contribution < 1.29 is 9.53 Å². The number of rotatable bonds is 6. The first-order chi connectivity index (χ1) is 13.7. The molecule has 5 heteroatoms. The number of fused-ring (bicyclic) bond motifs is 1. The maximum absolute atomic E-state index is 12.6. The van der Waals surface area contributed by atoms with Crippen LogP contribution < -0.4 is 15.0 Å². The van der Waals surface area contributed by atoms with Crippen molar-refractivity contribution in [2.45, 2.75) is 12.8 Å². The summed E-state index contributed by atoms with van der Waals surface area (Å²) >= 11 is 0. The zero-order valence-corrected chi connectivity index (χ0v) is 15.9. The lowest BCUT2D eigenvalue weighted by Gasteiger charge is -2.19. The van der Waals surface area contributed by atoms with Crippen molar-refractivity contribution in [1.29, 1.82) is 0 Å². The van der Waals surface area contributed by atoms with Crippen molar-refractivity contribution in [2.24, 2.45) is 0 Å². The maximum atomic E-state index is 12.6. The molecule has 4 rings (SSSR count). The van der Waals surface area contributed by atoms with Gasteiger partial charge < -0.3 is 15.0 Å². The molecule has 0 aliphatic carbocycles. The molecule has 0 saturated carbocycles. The van der Waals surface area contributed by atoms with Crippen LogP contribution in [0.4, 0.5) is 11.4 Å². The number of para-hydroxylation sites is 1. The van der Waals surface area contributed by atoms with Crippen molar-refractivity contribution in [3.8, 4) is 5.75 Å². The van der Waals surface area contributed by atoms with Gasteiger partial charge in [0.25, 0.3) is 5.91 Å². The standard InChI is InChI=1S/C23H23N3O2/c1-28-21-7-4-5-17(13-21)9-11-25-23(27)19-14-20(16-24-15-19)26-12-10-18-6-2-3-8-22(18)26/h2-8,13-16H,9-12H2,1H3,(H,25,27). The quantitative estimate of drug-likeness (QED) is 0.715. The van der Waals surface area contributed by atoms with Gasteiger partial charge >= 0.3 is 0 Å². The molecule has 1 aliphatic rings. The van der Waals surface area contributed by atoms with E-state index in [1.54, 1.807) is 13.3 Å². The molecule has 0 spiro atoms. The molecule has 3 aromatic rings. The Bertz CT molecular complexity index is 987. The number of nitrogens with zero attached hydrogens (tertiary/aromatic N) is 2. The number of ether oxygens (including phenoxy) is 1. The fourth-order valence-corrected chi connectivity index (χ4v) is 3.56. The SMILES string of the molecule is COc1cccc(CCNC(=O)c2cncc(N3CCc4ccccc43)c2)c1. The van der Waals surface area contributed by atoms with E-state index in [1.807, 2.05) is 42.6 Å². The molecule has 1 amide bonds. The molecule has 1 aromatic heterocycles. The lowest BCUT2D eigenvalue weighted by Crippen LogP contribution is -2.26. The van der Waals surface area contributed by atoms with E-state index in [1.165, 1.54) is 11.3 Å². The van der Waals surface area contributed by atoms with E-state index in [2.05, 4.69) is 33.4 Å². The number of nitrogens with one attached hydrogen (secondary N) is 1. The maximum Gasteiger partial charge on any atom is 0.252 e. The minimum Gasteiger partial charge on any atom is -0.497 e. The number of hydrogen-bond donors (Lipinski definition) is 1. The summed E-state index contributed by atoms with van der Waals surface area (Å²) in [6.45, 7) is 1.46. The summed E-state index contributed by atoms with van der Waals surface area (Å²) in [5, 5.41) is 2.98. The number of carbonyl (C=O) groups is 1. The summed E-state index contributed by atoms with van der Waals surface area (Å²) in [7, 11) is 1.65. The highest BCUT2D eigenvalue weighted by Gasteiger charge is 2.20. The molecule has 28 heavy (non-hydrogen) atoms. The summed E-state index contributed by atoms with van der Waals surface area (Å²) < 4.78 is 5.24. The Morgan fingerprint density at radius 2 is 2.04 bits per heavy atom. The van der Waals surface area contributed by atoms with Crippen molar-refractivity contribution in [3.63, 3.8) is 0 Å². The summed E-state index contributed by atoms with van der Waals surface area (Å²) in [4.78, 5) is 19.1. The molecule has 0 unspecified atom stereocenters. The number of aromatic nitrogens is 1. The van der Waals surface area contributed by atoms with Crippen LogP contribution in [-0.2, 0) is 12.8 Å². The molecule has 0 fully saturated rings. The second-order valence-corrected chi connectivity index (χ2v) is 6.82. The van der Waals surface area contributed by atoms with Gasteiger partial charge in [0.15, 0.2) is 0 Å². The number of methoxy groups -OCH3 is 1. The molecule has 0 atom stereocenters. The molecular weight excluding hydrogens is 350 g/mol. The predicted octanol–water partition coefficient (Wildman–Crippen LogP) is 3.76. The average Bonchev–Trinajstić information content (AvgIpc) is 3.18. The van der Waals surface area contributed by atoms with Crippen molar-refractivity contribution in [1.82, 2.24) is 10.3 Å². The fraction of sp³-hybridized carbons (Fsp3) is 0.217. The van der Waals surface area contributed by atoms with Gasteiger partial charge in [0, 0.05) is 25.0 Å². The van der Waals surface area contributed by atoms with Crippen molar-refractivity contribution in [2.75, 3.05) is 25.1 Å². The zero-order valence-electron chi connectivity index (χ0n) is 15.9. The molecule has 1 N–H and O–H groups in total.